The van der Waals surface area contributed by atoms with Crippen LogP contribution in [0.25, 0.3) is 0 Å². The summed E-state index contributed by atoms with van der Waals surface area (Å²) in [5, 5.41) is 2.89. The normalized spacial score (nSPS) is 12.5. The van der Waals surface area contributed by atoms with Crippen LogP contribution >= 0.6 is 0 Å². The minimum absolute atomic E-state index is 0.116. The van der Waals surface area contributed by atoms with Crippen molar-refractivity contribution in [3.8, 4) is 0 Å². The van der Waals surface area contributed by atoms with Crippen LogP contribution in [0.4, 0.5) is 0 Å². The fourth-order valence-corrected chi connectivity index (χ4v) is 4.43. The first kappa shape index (κ1) is 20.8. The molecule has 0 heterocycles. The maximum absolute atomic E-state index is 13.2. The standard InChI is InChI=1S/C23H24N2O3S/c1-19(21-13-7-3-8-14-21)24-23(26)18-25(17-20-11-5-2-6-12-20)29(27,28)22-15-9-4-10-16-22/h2-16,19H,17-18H2,1H3,(H,24,26). The number of nitrogens with one attached hydrogen (secondary N) is 1. The highest BCUT2D eigenvalue weighted by Gasteiger charge is 2.27. The number of amides is 1. The van der Waals surface area contributed by atoms with Gasteiger partial charge >= 0.3 is 0 Å². The van der Waals surface area contributed by atoms with Crippen molar-refractivity contribution in [1.29, 1.82) is 0 Å². The first-order valence-corrected chi connectivity index (χ1v) is 10.8. The Kier molecular flexibility index (Phi) is 6.80. The lowest BCUT2D eigenvalue weighted by Crippen LogP contribution is -2.41. The van der Waals surface area contributed by atoms with Gasteiger partial charge in [-0.05, 0) is 30.2 Å². The molecule has 1 N–H and O–H groups in total. The van der Waals surface area contributed by atoms with Crippen molar-refractivity contribution in [2.75, 3.05) is 6.54 Å². The van der Waals surface area contributed by atoms with Gasteiger partial charge in [-0.2, -0.15) is 4.31 Å². The predicted molar refractivity (Wildman–Crippen MR) is 113 cm³/mol. The third-order valence-corrected chi connectivity index (χ3v) is 6.39. The SMILES string of the molecule is CC(NC(=O)CN(Cc1ccccc1)S(=O)(=O)c1ccccc1)c1ccccc1. The Balaban J connectivity index is 1.80. The fraction of sp³-hybridized carbons (Fsp3) is 0.174. The van der Waals surface area contributed by atoms with Gasteiger partial charge in [0.2, 0.25) is 15.9 Å². The largest absolute Gasteiger partial charge is 0.348 e. The molecular weight excluding hydrogens is 384 g/mol. The summed E-state index contributed by atoms with van der Waals surface area (Å²) in [7, 11) is -3.82. The maximum atomic E-state index is 13.2. The molecule has 3 aromatic carbocycles. The van der Waals surface area contributed by atoms with Gasteiger partial charge in [0.25, 0.3) is 0 Å². The number of carbonyl (C=O) groups is 1. The van der Waals surface area contributed by atoms with Crippen molar-refractivity contribution in [1.82, 2.24) is 9.62 Å². The highest BCUT2D eigenvalue weighted by atomic mass is 32.2. The van der Waals surface area contributed by atoms with Gasteiger partial charge in [0.05, 0.1) is 17.5 Å². The Hall–Kier alpha value is -2.96. The van der Waals surface area contributed by atoms with Crippen LogP contribution in [0.2, 0.25) is 0 Å². The Morgan fingerprint density at radius 2 is 1.38 bits per heavy atom. The van der Waals surface area contributed by atoms with Gasteiger partial charge in [0.1, 0.15) is 0 Å². The van der Waals surface area contributed by atoms with E-state index in [0.717, 1.165) is 11.1 Å². The summed E-state index contributed by atoms with van der Waals surface area (Å²) in [6.07, 6.45) is 0. The molecule has 150 valence electrons. The molecule has 0 aliphatic carbocycles. The number of carbonyl (C=O) groups excluding carboxylic acids is 1. The molecule has 1 unspecified atom stereocenters. The topological polar surface area (TPSA) is 66.5 Å². The molecule has 0 fully saturated rings. The van der Waals surface area contributed by atoms with Crippen molar-refractivity contribution in [3.05, 3.63) is 102 Å². The quantitative estimate of drug-likeness (QED) is 0.617. The zero-order valence-electron chi connectivity index (χ0n) is 16.2. The average molecular weight is 409 g/mol. The zero-order valence-corrected chi connectivity index (χ0v) is 17.0. The molecule has 0 spiro atoms. The number of hydrogen-bond acceptors (Lipinski definition) is 3. The smallest absolute Gasteiger partial charge is 0.243 e. The number of nitrogens with zero attached hydrogens (tertiary/aromatic N) is 1. The molecule has 6 heteroatoms. The molecule has 3 aromatic rings. The number of benzene rings is 3. The summed E-state index contributed by atoms with van der Waals surface area (Å²) in [5.74, 6) is -0.350. The zero-order chi connectivity index (χ0) is 20.7. The predicted octanol–water partition coefficient (Wildman–Crippen LogP) is 3.75. The van der Waals surface area contributed by atoms with E-state index >= 15 is 0 Å². The second-order valence-electron chi connectivity index (χ2n) is 6.77. The van der Waals surface area contributed by atoms with E-state index in [-0.39, 0.29) is 29.9 Å². The van der Waals surface area contributed by atoms with Gasteiger partial charge < -0.3 is 5.32 Å². The number of rotatable bonds is 8. The summed E-state index contributed by atoms with van der Waals surface area (Å²) >= 11 is 0. The van der Waals surface area contributed by atoms with Gasteiger partial charge in [-0.25, -0.2) is 8.42 Å². The lowest BCUT2D eigenvalue weighted by Gasteiger charge is -2.23. The van der Waals surface area contributed by atoms with E-state index in [9.17, 15) is 13.2 Å². The lowest BCUT2D eigenvalue weighted by molar-refractivity contribution is -0.122. The molecule has 29 heavy (non-hydrogen) atoms. The third-order valence-electron chi connectivity index (χ3n) is 4.58. The highest BCUT2D eigenvalue weighted by molar-refractivity contribution is 7.89. The molecule has 0 radical (unpaired) electrons. The molecule has 5 nitrogen and oxygen atoms in total. The third kappa shape index (κ3) is 5.53. The summed E-state index contributed by atoms with van der Waals surface area (Å²) in [5.41, 5.74) is 1.78. The van der Waals surface area contributed by atoms with Gasteiger partial charge in [-0.3, -0.25) is 4.79 Å². The van der Waals surface area contributed by atoms with E-state index in [1.54, 1.807) is 18.2 Å². The van der Waals surface area contributed by atoms with E-state index in [0.29, 0.717) is 0 Å². The molecule has 0 aliphatic rings. The second kappa shape index (κ2) is 9.49. The number of sulfonamides is 1. The van der Waals surface area contributed by atoms with Gasteiger partial charge in [0.15, 0.2) is 0 Å². The first-order chi connectivity index (χ1) is 14.0. The fourth-order valence-electron chi connectivity index (χ4n) is 3.03. The van der Waals surface area contributed by atoms with Crippen molar-refractivity contribution in [3.63, 3.8) is 0 Å². The average Bonchev–Trinajstić information content (AvgIpc) is 2.75. The molecule has 1 amide bonds. The monoisotopic (exact) mass is 408 g/mol. The Labute approximate surface area is 172 Å². The minimum atomic E-state index is -3.82. The molecule has 0 saturated heterocycles. The molecule has 0 aliphatic heterocycles. The van der Waals surface area contributed by atoms with Crippen molar-refractivity contribution >= 4 is 15.9 Å². The van der Waals surface area contributed by atoms with Crippen LogP contribution in [0.1, 0.15) is 24.1 Å². The summed E-state index contributed by atoms with van der Waals surface area (Å²) in [4.78, 5) is 12.9. The first-order valence-electron chi connectivity index (χ1n) is 9.40. The minimum Gasteiger partial charge on any atom is -0.348 e. The molecule has 0 aromatic heterocycles. The van der Waals surface area contributed by atoms with Crippen LogP contribution in [-0.2, 0) is 21.4 Å². The van der Waals surface area contributed by atoms with E-state index in [1.807, 2.05) is 67.6 Å². The summed E-state index contributed by atoms with van der Waals surface area (Å²) in [6.45, 7) is 1.73. The van der Waals surface area contributed by atoms with E-state index in [2.05, 4.69) is 5.32 Å². The van der Waals surface area contributed by atoms with Crippen LogP contribution in [-0.4, -0.2) is 25.2 Å². The van der Waals surface area contributed by atoms with E-state index < -0.39 is 10.0 Å². The second-order valence-corrected chi connectivity index (χ2v) is 8.71. The highest BCUT2D eigenvalue weighted by Crippen LogP contribution is 2.18. The van der Waals surface area contributed by atoms with Crippen LogP contribution in [0.15, 0.2) is 95.9 Å². The van der Waals surface area contributed by atoms with Crippen LogP contribution in [0.5, 0.6) is 0 Å². The Morgan fingerprint density at radius 3 is 1.97 bits per heavy atom. The van der Waals surface area contributed by atoms with Crippen LogP contribution in [0, 0.1) is 0 Å². The van der Waals surface area contributed by atoms with Crippen molar-refractivity contribution in [2.45, 2.75) is 24.4 Å². The van der Waals surface area contributed by atoms with Gasteiger partial charge in [-0.15, -0.1) is 0 Å². The molecule has 1 atom stereocenters. The molecule has 0 bridgehead atoms. The Bertz CT molecular complexity index is 1020. The van der Waals surface area contributed by atoms with Crippen LogP contribution in [0.3, 0.4) is 0 Å². The Morgan fingerprint density at radius 1 is 0.862 bits per heavy atom. The van der Waals surface area contributed by atoms with E-state index in [1.165, 1.54) is 16.4 Å². The molecule has 0 saturated carbocycles. The van der Waals surface area contributed by atoms with Gasteiger partial charge in [0, 0.05) is 6.54 Å². The summed E-state index contributed by atoms with van der Waals surface area (Å²) < 4.78 is 27.6. The van der Waals surface area contributed by atoms with Crippen molar-refractivity contribution < 1.29 is 13.2 Å². The maximum Gasteiger partial charge on any atom is 0.243 e. The number of hydrogen-bond donors (Lipinski definition) is 1. The van der Waals surface area contributed by atoms with Gasteiger partial charge in [-0.1, -0.05) is 78.9 Å². The molecular formula is C23H24N2O3S. The molecule has 3 rings (SSSR count). The van der Waals surface area contributed by atoms with Crippen LogP contribution < -0.4 is 5.32 Å². The van der Waals surface area contributed by atoms with E-state index in [4.69, 9.17) is 0 Å². The van der Waals surface area contributed by atoms with Crippen molar-refractivity contribution in [2.24, 2.45) is 0 Å². The lowest BCUT2D eigenvalue weighted by atomic mass is 10.1. The summed E-state index contributed by atoms with van der Waals surface area (Å²) in [6, 6.07) is 26.8.